The van der Waals surface area contributed by atoms with Gasteiger partial charge in [0.05, 0.1) is 22.0 Å². The van der Waals surface area contributed by atoms with Gasteiger partial charge in [-0.05, 0) is 37.0 Å². The summed E-state index contributed by atoms with van der Waals surface area (Å²) >= 11 is 12.1. The van der Waals surface area contributed by atoms with Gasteiger partial charge in [-0.1, -0.05) is 41.4 Å². The average molecular weight is 325 g/mol. The molecular formula is C16H18Cl2N2O. The number of rotatable bonds is 2. The number of carbonyl (C=O) groups is 1. The van der Waals surface area contributed by atoms with Gasteiger partial charge in [-0.3, -0.25) is 4.79 Å². The highest BCUT2D eigenvalue weighted by molar-refractivity contribution is 6.42. The Balaban J connectivity index is 1.80. The third-order valence-electron chi connectivity index (χ3n) is 4.30. The van der Waals surface area contributed by atoms with E-state index in [2.05, 4.69) is 0 Å². The first kappa shape index (κ1) is 14.9. The third kappa shape index (κ3) is 2.96. The fourth-order valence-electron chi connectivity index (χ4n) is 3.22. The van der Waals surface area contributed by atoms with Gasteiger partial charge in [-0.25, -0.2) is 0 Å². The van der Waals surface area contributed by atoms with Crippen LogP contribution in [0.1, 0.15) is 30.9 Å². The van der Waals surface area contributed by atoms with Gasteiger partial charge in [0.15, 0.2) is 0 Å². The van der Waals surface area contributed by atoms with Crippen LogP contribution in [-0.4, -0.2) is 23.4 Å². The molecule has 1 heterocycles. The monoisotopic (exact) mass is 324 g/mol. The van der Waals surface area contributed by atoms with Crippen LogP contribution in [0.4, 0.5) is 0 Å². The molecule has 3 unspecified atom stereocenters. The zero-order chi connectivity index (χ0) is 15.0. The molecule has 2 N–H and O–H groups in total. The topological polar surface area (TPSA) is 46.3 Å². The van der Waals surface area contributed by atoms with Crippen LogP contribution >= 0.6 is 23.2 Å². The first-order valence-corrected chi connectivity index (χ1v) is 8.01. The molecule has 1 aromatic rings. The van der Waals surface area contributed by atoms with Crippen molar-refractivity contribution in [2.75, 3.05) is 6.54 Å². The van der Waals surface area contributed by atoms with Crippen molar-refractivity contribution in [3.8, 4) is 0 Å². The maximum absolute atomic E-state index is 12.7. The van der Waals surface area contributed by atoms with Crippen molar-refractivity contribution < 1.29 is 4.79 Å². The zero-order valence-electron chi connectivity index (χ0n) is 11.6. The van der Waals surface area contributed by atoms with Crippen LogP contribution in [0, 0.1) is 5.92 Å². The van der Waals surface area contributed by atoms with Crippen molar-refractivity contribution in [1.82, 2.24) is 4.90 Å². The molecule has 112 valence electrons. The van der Waals surface area contributed by atoms with Crippen LogP contribution in [0.3, 0.4) is 0 Å². The van der Waals surface area contributed by atoms with Gasteiger partial charge in [-0.15, -0.1) is 0 Å². The van der Waals surface area contributed by atoms with Gasteiger partial charge in [0.2, 0.25) is 5.91 Å². The number of amides is 1. The number of nitrogens with two attached hydrogens (primary N) is 1. The highest BCUT2D eigenvalue weighted by Crippen LogP contribution is 2.36. The number of hydrogen-bond acceptors (Lipinski definition) is 2. The Hall–Kier alpha value is -1.03. The molecule has 1 fully saturated rings. The first-order chi connectivity index (χ1) is 10.1. The largest absolute Gasteiger partial charge is 0.335 e. The van der Waals surface area contributed by atoms with E-state index in [1.165, 1.54) is 0 Å². The van der Waals surface area contributed by atoms with Crippen LogP contribution in [0.5, 0.6) is 0 Å². The van der Waals surface area contributed by atoms with Gasteiger partial charge in [0.1, 0.15) is 0 Å². The molecule has 1 amide bonds. The Morgan fingerprint density at radius 2 is 2.05 bits per heavy atom. The molecule has 3 atom stereocenters. The second-order valence-corrected chi connectivity index (χ2v) is 6.57. The van der Waals surface area contributed by atoms with E-state index in [4.69, 9.17) is 28.9 Å². The number of likely N-dealkylation sites (tertiary alicyclic amines) is 1. The predicted molar refractivity (Wildman–Crippen MR) is 85.4 cm³/mol. The van der Waals surface area contributed by atoms with Gasteiger partial charge in [0.25, 0.3) is 0 Å². The molecule has 1 aromatic carbocycles. The Morgan fingerprint density at radius 3 is 2.71 bits per heavy atom. The Morgan fingerprint density at radius 1 is 1.24 bits per heavy atom. The van der Waals surface area contributed by atoms with Gasteiger partial charge in [-0.2, -0.15) is 0 Å². The van der Waals surface area contributed by atoms with Crippen LogP contribution < -0.4 is 5.73 Å². The van der Waals surface area contributed by atoms with E-state index in [1.807, 2.05) is 29.2 Å². The second-order valence-electron chi connectivity index (χ2n) is 5.75. The summed E-state index contributed by atoms with van der Waals surface area (Å²) in [4.78, 5) is 14.7. The molecule has 3 rings (SSSR count). The normalized spacial score (nSPS) is 28.3. The van der Waals surface area contributed by atoms with Crippen molar-refractivity contribution in [2.24, 2.45) is 11.7 Å². The smallest absolute Gasteiger partial charge is 0.230 e. The van der Waals surface area contributed by atoms with E-state index in [0.717, 1.165) is 24.9 Å². The van der Waals surface area contributed by atoms with Crippen LogP contribution in [0.2, 0.25) is 10.0 Å². The molecule has 0 saturated carbocycles. The van der Waals surface area contributed by atoms with Gasteiger partial charge < -0.3 is 10.6 Å². The van der Waals surface area contributed by atoms with E-state index in [0.29, 0.717) is 16.5 Å². The van der Waals surface area contributed by atoms with E-state index < -0.39 is 0 Å². The molecule has 0 bridgehead atoms. The molecule has 1 aliphatic carbocycles. The number of carbonyl (C=O) groups excluding carboxylic acids is 1. The SMILES string of the molecule is NC1C=CC(C(=O)N2CCCC2c2ccc(Cl)c(Cl)c2)C1. The van der Waals surface area contributed by atoms with Crippen LogP contribution in [0.25, 0.3) is 0 Å². The molecule has 2 aliphatic rings. The molecule has 0 radical (unpaired) electrons. The molecule has 3 nitrogen and oxygen atoms in total. The highest BCUT2D eigenvalue weighted by atomic mass is 35.5. The summed E-state index contributed by atoms with van der Waals surface area (Å²) in [6.07, 6.45) is 6.55. The minimum absolute atomic E-state index is 0.00461. The molecule has 1 aliphatic heterocycles. The Bertz CT molecular complexity index is 588. The second kappa shape index (κ2) is 5.99. The summed E-state index contributed by atoms with van der Waals surface area (Å²) in [7, 11) is 0. The van der Waals surface area contributed by atoms with Crippen LogP contribution in [-0.2, 0) is 4.79 Å². The Labute approximate surface area is 134 Å². The summed E-state index contributed by atoms with van der Waals surface area (Å²) in [5.41, 5.74) is 6.91. The average Bonchev–Trinajstić information content (AvgIpc) is 3.10. The lowest BCUT2D eigenvalue weighted by molar-refractivity contribution is -0.135. The van der Waals surface area contributed by atoms with Crippen molar-refractivity contribution in [2.45, 2.75) is 31.3 Å². The molecule has 21 heavy (non-hydrogen) atoms. The van der Waals surface area contributed by atoms with Crippen molar-refractivity contribution in [1.29, 1.82) is 0 Å². The van der Waals surface area contributed by atoms with E-state index in [9.17, 15) is 4.79 Å². The van der Waals surface area contributed by atoms with E-state index in [-0.39, 0.29) is 23.9 Å². The minimum atomic E-state index is -0.0802. The lowest BCUT2D eigenvalue weighted by atomic mass is 10.0. The summed E-state index contributed by atoms with van der Waals surface area (Å²) < 4.78 is 0. The Kier molecular flexibility index (Phi) is 4.25. The quantitative estimate of drug-likeness (QED) is 0.845. The predicted octanol–water partition coefficient (Wildman–Crippen LogP) is 3.56. The van der Waals surface area contributed by atoms with E-state index in [1.54, 1.807) is 6.07 Å². The zero-order valence-corrected chi connectivity index (χ0v) is 13.1. The summed E-state index contributed by atoms with van der Waals surface area (Å²) in [6.45, 7) is 0.795. The fraction of sp³-hybridized carbons (Fsp3) is 0.438. The van der Waals surface area contributed by atoms with Crippen molar-refractivity contribution in [3.63, 3.8) is 0 Å². The molecule has 0 spiro atoms. The van der Waals surface area contributed by atoms with E-state index >= 15 is 0 Å². The van der Waals surface area contributed by atoms with Crippen LogP contribution in [0.15, 0.2) is 30.4 Å². The van der Waals surface area contributed by atoms with Crippen molar-refractivity contribution >= 4 is 29.1 Å². The molecule has 5 heteroatoms. The number of nitrogens with zero attached hydrogens (tertiary/aromatic N) is 1. The standard InChI is InChI=1S/C16H18Cl2N2O/c17-13-6-4-10(9-14(13)18)15-2-1-7-20(15)16(21)11-3-5-12(19)8-11/h3-6,9,11-12,15H,1-2,7-8,19H2. The maximum Gasteiger partial charge on any atom is 0.230 e. The van der Waals surface area contributed by atoms with Gasteiger partial charge in [0, 0.05) is 12.6 Å². The number of benzene rings is 1. The molecular weight excluding hydrogens is 307 g/mol. The lowest BCUT2D eigenvalue weighted by Gasteiger charge is -2.27. The highest BCUT2D eigenvalue weighted by Gasteiger charge is 2.34. The minimum Gasteiger partial charge on any atom is -0.335 e. The summed E-state index contributed by atoms with van der Waals surface area (Å²) in [5.74, 6) is 0.0937. The van der Waals surface area contributed by atoms with Crippen molar-refractivity contribution in [3.05, 3.63) is 46.0 Å². The molecule has 0 aromatic heterocycles. The first-order valence-electron chi connectivity index (χ1n) is 7.25. The molecule has 1 saturated heterocycles. The third-order valence-corrected chi connectivity index (χ3v) is 5.04. The fourth-order valence-corrected chi connectivity index (χ4v) is 3.53. The summed E-state index contributed by atoms with van der Waals surface area (Å²) in [6, 6.07) is 5.73. The lowest BCUT2D eigenvalue weighted by Crippen LogP contribution is -2.35. The maximum atomic E-state index is 12.7. The number of halogens is 2. The van der Waals surface area contributed by atoms with Gasteiger partial charge >= 0.3 is 0 Å². The number of hydrogen-bond donors (Lipinski definition) is 1. The summed E-state index contributed by atoms with van der Waals surface area (Å²) in [5, 5.41) is 1.08.